The van der Waals surface area contributed by atoms with Crippen LogP contribution >= 0.6 is 11.6 Å². The molecule has 0 aliphatic rings. The van der Waals surface area contributed by atoms with Crippen LogP contribution in [0.5, 0.6) is 0 Å². The minimum absolute atomic E-state index is 0.286. The molecule has 20 heavy (non-hydrogen) atoms. The summed E-state index contributed by atoms with van der Waals surface area (Å²) in [5.41, 5.74) is 1.27. The van der Waals surface area contributed by atoms with Crippen LogP contribution in [0.2, 0.25) is 5.02 Å². The quantitative estimate of drug-likeness (QED) is 0.679. The summed E-state index contributed by atoms with van der Waals surface area (Å²) in [6.45, 7) is 0. The van der Waals surface area contributed by atoms with E-state index in [9.17, 15) is 13.2 Å². The molecule has 0 amide bonds. The molecule has 0 fully saturated rings. The predicted octanol–water partition coefficient (Wildman–Crippen LogP) is 4.90. The molecular weight excluding hydrogens is 289 g/mol. The number of pyridine rings is 1. The lowest BCUT2D eigenvalue weighted by molar-refractivity contribution is -0.137. The maximum absolute atomic E-state index is 12.8. The molecule has 0 saturated heterocycles. The van der Waals surface area contributed by atoms with Crippen molar-refractivity contribution < 1.29 is 13.2 Å². The fourth-order valence-corrected chi connectivity index (χ4v) is 2.40. The molecule has 1 N–H and O–H groups in total. The van der Waals surface area contributed by atoms with E-state index in [0.717, 1.165) is 11.6 Å². The Morgan fingerprint density at radius 1 is 1.05 bits per heavy atom. The zero-order chi connectivity index (χ0) is 14.3. The molecule has 0 atom stereocenters. The molecule has 0 unspecified atom stereocenters. The van der Waals surface area contributed by atoms with Gasteiger partial charge in [0.15, 0.2) is 0 Å². The number of alkyl halides is 3. The van der Waals surface area contributed by atoms with Crippen LogP contribution in [0.3, 0.4) is 0 Å². The number of hydrogen-bond acceptors (Lipinski definition) is 1. The zero-order valence-corrected chi connectivity index (χ0v) is 10.8. The van der Waals surface area contributed by atoms with Crippen molar-refractivity contribution in [3.05, 3.63) is 53.3 Å². The molecule has 0 aliphatic carbocycles. The molecule has 2 aromatic heterocycles. The average molecular weight is 297 g/mol. The minimum Gasteiger partial charge on any atom is -0.354 e. The number of nitrogens with zero attached hydrogens (tertiary/aromatic N) is 1. The lowest BCUT2D eigenvalue weighted by Crippen LogP contribution is -2.05. The summed E-state index contributed by atoms with van der Waals surface area (Å²) in [6.07, 6.45) is -1.23. The molecular formula is C14H8ClF3N2. The first-order valence-corrected chi connectivity index (χ1v) is 6.13. The molecule has 2 nitrogen and oxygen atoms in total. The lowest BCUT2D eigenvalue weighted by Gasteiger charge is -2.08. The van der Waals surface area contributed by atoms with Gasteiger partial charge in [-0.2, -0.15) is 13.2 Å². The summed E-state index contributed by atoms with van der Waals surface area (Å²) < 4.78 is 38.4. The number of benzene rings is 1. The van der Waals surface area contributed by atoms with Crippen molar-refractivity contribution in [2.45, 2.75) is 6.18 Å². The Kier molecular flexibility index (Phi) is 2.94. The van der Waals surface area contributed by atoms with Gasteiger partial charge in [-0.05, 0) is 30.3 Å². The summed E-state index contributed by atoms with van der Waals surface area (Å²) in [7, 11) is 0. The van der Waals surface area contributed by atoms with E-state index in [2.05, 4.69) is 9.97 Å². The van der Waals surface area contributed by atoms with Crippen LogP contribution in [-0.4, -0.2) is 9.97 Å². The Bertz CT molecular complexity index is 763. The van der Waals surface area contributed by atoms with E-state index in [-0.39, 0.29) is 5.02 Å². The van der Waals surface area contributed by atoms with Gasteiger partial charge in [-0.15, -0.1) is 0 Å². The molecule has 0 saturated carbocycles. The van der Waals surface area contributed by atoms with Crippen LogP contribution in [0, 0.1) is 0 Å². The van der Waals surface area contributed by atoms with E-state index < -0.39 is 11.7 Å². The van der Waals surface area contributed by atoms with E-state index in [1.165, 1.54) is 6.07 Å². The zero-order valence-electron chi connectivity index (χ0n) is 10.0. The molecule has 3 rings (SSSR count). The highest BCUT2D eigenvalue weighted by Crippen LogP contribution is 2.39. The third kappa shape index (κ3) is 2.14. The van der Waals surface area contributed by atoms with Crippen molar-refractivity contribution in [1.82, 2.24) is 9.97 Å². The van der Waals surface area contributed by atoms with Crippen molar-refractivity contribution in [3.8, 4) is 11.3 Å². The molecule has 102 valence electrons. The van der Waals surface area contributed by atoms with Crippen molar-refractivity contribution in [3.63, 3.8) is 0 Å². The van der Waals surface area contributed by atoms with Gasteiger partial charge in [-0.25, -0.2) is 0 Å². The number of aromatic amines is 1. The molecule has 0 aliphatic heterocycles. The Morgan fingerprint density at radius 3 is 2.40 bits per heavy atom. The largest absolute Gasteiger partial charge is 0.417 e. The highest BCUT2D eigenvalue weighted by molar-refractivity contribution is 6.36. The molecule has 3 aromatic rings. The molecule has 2 heterocycles. The average Bonchev–Trinajstić information content (AvgIpc) is 2.83. The van der Waals surface area contributed by atoms with E-state index in [1.54, 1.807) is 30.6 Å². The van der Waals surface area contributed by atoms with Crippen molar-refractivity contribution in [1.29, 1.82) is 0 Å². The van der Waals surface area contributed by atoms with Crippen molar-refractivity contribution in [2.24, 2.45) is 0 Å². The van der Waals surface area contributed by atoms with Crippen molar-refractivity contribution in [2.75, 3.05) is 0 Å². The van der Waals surface area contributed by atoms with Gasteiger partial charge in [0.2, 0.25) is 0 Å². The van der Waals surface area contributed by atoms with Gasteiger partial charge in [0, 0.05) is 34.6 Å². The highest BCUT2D eigenvalue weighted by Gasteiger charge is 2.33. The van der Waals surface area contributed by atoms with E-state index in [1.807, 2.05) is 0 Å². The van der Waals surface area contributed by atoms with E-state index in [0.29, 0.717) is 16.6 Å². The SMILES string of the molecule is FC(F)(F)c1ccc2[nH]c(-c3ccncc3)cc2c1Cl. The third-order valence-corrected chi connectivity index (χ3v) is 3.44. The van der Waals surface area contributed by atoms with Gasteiger partial charge in [0.25, 0.3) is 0 Å². The predicted molar refractivity (Wildman–Crippen MR) is 71.5 cm³/mol. The van der Waals surface area contributed by atoms with Crippen LogP contribution in [0.15, 0.2) is 42.7 Å². The van der Waals surface area contributed by atoms with Crippen LogP contribution in [0.25, 0.3) is 22.2 Å². The number of H-pyrrole nitrogens is 1. The second-order valence-electron chi connectivity index (χ2n) is 4.31. The van der Waals surface area contributed by atoms with Crippen LogP contribution in [-0.2, 0) is 6.18 Å². The number of rotatable bonds is 1. The normalized spacial score (nSPS) is 12.0. The summed E-state index contributed by atoms with van der Waals surface area (Å²) in [5.74, 6) is 0. The number of nitrogens with one attached hydrogen (secondary N) is 1. The summed E-state index contributed by atoms with van der Waals surface area (Å²) in [4.78, 5) is 6.95. The summed E-state index contributed by atoms with van der Waals surface area (Å²) >= 11 is 5.87. The number of aromatic nitrogens is 2. The van der Waals surface area contributed by atoms with Gasteiger partial charge in [-0.1, -0.05) is 11.6 Å². The first kappa shape index (κ1) is 13.0. The number of fused-ring (bicyclic) bond motifs is 1. The maximum Gasteiger partial charge on any atom is 0.417 e. The van der Waals surface area contributed by atoms with Gasteiger partial charge >= 0.3 is 6.18 Å². The first-order chi connectivity index (χ1) is 9.47. The third-order valence-electron chi connectivity index (χ3n) is 3.03. The fourth-order valence-electron chi connectivity index (χ4n) is 2.07. The van der Waals surface area contributed by atoms with Gasteiger partial charge in [-0.3, -0.25) is 4.98 Å². The van der Waals surface area contributed by atoms with E-state index >= 15 is 0 Å². The molecule has 1 aromatic carbocycles. The molecule has 0 radical (unpaired) electrons. The molecule has 0 spiro atoms. The van der Waals surface area contributed by atoms with Crippen molar-refractivity contribution >= 4 is 22.5 Å². The monoisotopic (exact) mass is 296 g/mol. The topological polar surface area (TPSA) is 28.7 Å². The fraction of sp³-hybridized carbons (Fsp3) is 0.0714. The van der Waals surface area contributed by atoms with E-state index in [4.69, 9.17) is 11.6 Å². The Morgan fingerprint density at radius 2 is 1.75 bits per heavy atom. The number of halogens is 4. The summed E-state index contributed by atoms with van der Waals surface area (Å²) in [5, 5.41) is 0.0693. The van der Waals surface area contributed by atoms with Gasteiger partial charge < -0.3 is 4.98 Å². The van der Waals surface area contributed by atoms with Crippen LogP contribution in [0.1, 0.15) is 5.56 Å². The number of hydrogen-bond donors (Lipinski definition) is 1. The standard InChI is InChI=1S/C14H8ClF3N2/c15-13-9-7-12(8-3-5-19-6-4-8)20-11(9)2-1-10(13)14(16,17)18/h1-7,20H. The Labute approximate surface area is 117 Å². The lowest BCUT2D eigenvalue weighted by atomic mass is 10.1. The highest BCUT2D eigenvalue weighted by atomic mass is 35.5. The second kappa shape index (κ2) is 4.52. The smallest absolute Gasteiger partial charge is 0.354 e. The van der Waals surface area contributed by atoms with Gasteiger partial charge in [0.1, 0.15) is 0 Å². The van der Waals surface area contributed by atoms with Gasteiger partial charge in [0.05, 0.1) is 10.6 Å². The second-order valence-corrected chi connectivity index (χ2v) is 4.68. The summed E-state index contributed by atoms with van der Waals surface area (Å²) in [6, 6.07) is 7.51. The molecule has 0 bridgehead atoms. The maximum atomic E-state index is 12.8. The van der Waals surface area contributed by atoms with Crippen LogP contribution in [0.4, 0.5) is 13.2 Å². The molecule has 6 heteroatoms. The Balaban J connectivity index is 2.20. The minimum atomic E-state index is -4.46. The Hall–Kier alpha value is -2.01. The van der Waals surface area contributed by atoms with Crippen LogP contribution < -0.4 is 0 Å². The first-order valence-electron chi connectivity index (χ1n) is 5.75.